The van der Waals surface area contributed by atoms with Crippen molar-refractivity contribution in [2.75, 3.05) is 5.75 Å². The average molecular weight is 290 g/mol. The van der Waals surface area contributed by atoms with E-state index in [-0.39, 0.29) is 18.6 Å². The number of carbonyl (C=O) groups excluding carboxylic acids is 1. The van der Waals surface area contributed by atoms with E-state index in [1.807, 2.05) is 0 Å². The third-order valence-corrected chi connectivity index (χ3v) is 3.12. The summed E-state index contributed by atoms with van der Waals surface area (Å²) in [6, 6.07) is -2.12. The van der Waals surface area contributed by atoms with Gasteiger partial charge < -0.3 is 21.3 Å². The first-order valence-corrected chi connectivity index (χ1v) is 6.66. The monoisotopic (exact) mass is 290 g/mol. The number of thioether (sulfide) groups is 1. The molecule has 5 N–H and O–H groups in total. The summed E-state index contributed by atoms with van der Waals surface area (Å²) in [5, 5.41) is 21.5. The van der Waals surface area contributed by atoms with Crippen molar-refractivity contribution in [3.63, 3.8) is 0 Å². The molecule has 0 bridgehead atoms. The highest BCUT2D eigenvalue weighted by Gasteiger charge is 2.20. The number of carbonyl (C=O) groups is 3. The predicted octanol–water partition coefficient (Wildman–Crippen LogP) is 0.0147. The molecule has 0 spiro atoms. The summed E-state index contributed by atoms with van der Waals surface area (Å²) in [5.41, 5.74) is 5.24. The standard InChI is InChI=1S/C11H18N2O5S/c1-2-5-19-6-8(11(17)18)13-9(14)4-3-7(12)10(15)16/h2,5,7-8H,3-4,6,12H2,1H3,(H,13,14)(H,15,16)(H,17,18)/b5-2+/t7-,8-/m0/s1. The lowest BCUT2D eigenvalue weighted by molar-refractivity contribution is -0.141. The fourth-order valence-electron chi connectivity index (χ4n) is 1.10. The average Bonchev–Trinajstić information content (AvgIpc) is 2.34. The lowest BCUT2D eigenvalue weighted by Gasteiger charge is -2.13. The van der Waals surface area contributed by atoms with Crippen LogP contribution in [0.4, 0.5) is 0 Å². The molecule has 0 fully saturated rings. The van der Waals surface area contributed by atoms with E-state index >= 15 is 0 Å². The zero-order valence-corrected chi connectivity index (χ0v) is 11.4. The summed E-state index contributed by atoms with van der Waals surface area (Å²) in [7, 11) is 0. The first kappa shape index (κ1) is 17.5. The fraction of sp³-hybridized carbons (Fsp3) is 0.545. The Hall–Kier alpha value is -1.54. The number of hydrogen-bond donors (Lipinski definition) is 4. The largest absolute Gasteiger partial charge is 0.480 e. The lowest BCUT2D eigenvalue weighted by atomic mass is 10.1. The predicted molar refractivity (Wildman–Crippen MR) is 71.7 cm³/mol. The summed E-state index contributed by atoms with van der Waals surface area (Å²) in [4.78, 5) is 32.8. The number of nitrogens with one attached hydrogen (secondary N) is 1. The van der Waals surface area contributed by atoms with Gasteiger partial charge in [0.2, 0.25) is 5.91 Å². The van der Waals surface area contributed by atoms with Crippen LogP contribution in [-0.2, 0) is 14.4 Å². The maximum absolute atomic E-state index is 11.5. The fourth-order valence-corrected chi connectivity index (χ4v) is 1.82. The van der Waals surface area contributed by atoms with Crippen LogP contribution in [0.25, 0.3) is 0 Å². The number of rotatable bonds is 9. The molecule has 19 heavy (non-hydrogen) atoms. The molecule has 0 aromatic carbocycles. The molecule has 0 aliphatic carbocycles. The van der Waals surface area contributed by atoms with Crippen LogP contribution in [0.15, 0.2) is 11.5 Å². The molecule has 108 valence electrons. The van der Waals surface area contributed by atoms with E-state index in [0.717, 1.165) is 0 Å². The summed E-state index contributed by atoms with van der Waals surface area (Å²) < 4.78 is 0. The Morgan fingerprint density at radius 1 is 1.32 bits per heavy atom. The Labute approximate surface area is 115 Å². The van der Waals surface area contributed by atoms with Gasteiger partial charge in [0.05, 0.1) is 0 Å². The molecule has 2 atom stereocenters. The van der Waals surface area contributed by atoms with Crippen molar-refractivity contribution in [2.45, 2.75) is 31.8 Å². The van der Waals surface area contributed by atoms with Crippen LogP contribution in [0.3, 0.4) is 0 Å². The van der Waals surface area contributed by atoms with Gasteiger partial charge in [-0.25, -0.2) is 4.79 Å². The van der Waals surface area contributed by atoms with E-state index in [1.165, 1.54) is 11.8 Å². The van der Waals surface area contributed by atoms with Crippen LogP contribution in [0.5, 0.6) is 0 Å². The second kappa shape index (κ2) is 9.40. The first-order valence-electron chi connectivity index (χ1n) is 5.61. The van der Waals surface area contributed by atoms with Gasteiger partial charge in [-0.2, -0.15) is 0 Å². The molecule has 0 aliphatic heterocycles. The second-order valence-corrected chi connectivity index (χ2v) is 4.68. The zero-order chi connectivity index (χ0) is 14.8. The van der Waals surface area contributed by atoms with Crippen molar-refractivity contribution in [1.29, 1.82) is 0 Å². The Bertz CT molecular complexity index is 359. The van der Waals surface area contributed by atoms with Crippen LogP contribution >= 0.6 is 11.8 Å². The number of amides is 1. The number of allylic oxidation sites excluding steroid dienone is 1. The summed E-state index contributed by atoms with van der Waals surface area (Å²) in [6.07, 6.45) is 1.61. The molecule has 0 radical (unpaired) electrons. The highest BCUT2D eigenvalue weighted by molar-refractivity contribution is 8.02. The van der Waals surface area contributed by atoms with Gasteiger partial charge in [0.25, 0.3) is 0 Å². The summed E-state index contributed by atoms with van der Waals surface area (Å²) in [6.45, 7) is 1.80. The van der Waals surface area contributed by atoms with Crippen molar-refractivity contribution in [2.24, 2.45) is 5.73 Å². The molecule has 1 amide bonds. The Balaban J connectivity index is 4.17. The minimum atomic E-state index is -1.19. The molecule has 7 nitrogen and oxygen atoms in total. The van der Waals surface area contributed by atoms with E-state index in [9.17, 15) is 14.4 Å². The Kier molecular flexibility index (Phi) is 8.64. The third-order valence-electron chi connectivity index (χ3n) is 2.13. The minimum absolute atomic E-state index is 0.0322. The first-order chi connectivity index (χ1) is 8.88. The maximum Gasteiger partial charge on any atom is 0.327 e. The van der Waals surface area contributed by atoms with Gasteiger partial charge in [-0.1, -0.05) is 6.08 Å². The molecule has 8 heteroatoms. The second-order valence-electron chi connectivity index (χ2n) is 3.74. The van der Waals surface area contributed by atoms with Crippen molar-refractivity contribution >= 4 is 29.6 Å². The number of carboxylic acids is 2. The molecule has 0 rings (SSSR count). The van der Waals surface area contributed by atoms with E-state index in [0.29, 0.717) is 0 Å². The van der Waals surface area contributed by atoms with E-state index in [4.69, 9.17) is 15.9 Å². The van der Waals surface area contributed by atoms with Gasteiger partial charge >= 0.3 is 11.9 Å². The smallest absolute Gasteiger partial charge is 0.327 e. The molecular weight excluding hydrogens is 272 g/mol. The van der Waals surface area contributed by atoms with E-state index in [2.05, 4.69) is 5.32 Å². The van der Waals surface area contributed by atoms with Crippen molar-refractivity contribution in [1.82, 2.24) is 5.32 Å². The van der Waals surface area contributed by atoms with Gasteiger partial charge in [0.15, 0.2) is 0 Å². The van der Waals surface area contributed by atoms with Crippen LogP contribution in [0, 0.1) is 0 Å². The molecule has 0 aliphatic rings. The maximum atomic E-state index is 11.5. The van der Waals surface area contributed by atoms with Gasteiger partial charge in [-0.3, -0.25) is 9.59 Å². The zero-order valence-electron chi connectivity index (χ0n) is 10.5. The van der Waals surface area contributed by atoms with Crippen LogP contribution in [0.2, 0.25) is 0 Å². The summed E-state index contributed by atoms with van der Waals surface area (Å²) >= 11 is 1.27. The van der Waals surface area contributed by atoms with Crippen molar-refractivity contribution in [3.8, 4) is 0 Å². The quantitative estimate of drug-likeness (QED) is 0.470. The van der Waals surface area contributed by atoms with E-state index < -0.39 is 29.9 Å². The molecule has 0 heterocycles. The van der Waals surface area contributed by atoms with E-state index in [1.54, 1.807) is 18.4 Å². The topological polar surface area (TPSA) is 130 Å². The van der Waals surface area contributed by atoms with Gasteiger partial charge in [-0.05, 0) is 18.8 Å². The minimum Gasteiger partial charge on any atom is -0.480 e. The molecule has 0 aromatic rings. The van der Waals surface area contributed by atoms with Crippen LogP contribution in [0.1, 0.15) is 19.8 Å². The van der Waals surface area contributed by atoms with Crippen molar-refractivity contribution < 1.29 is 24.6 Å². The van der Waals surface area contributed by atoms with Gasteiger partial charge in [0.1, 0.15) is 12.1 Å². The van der Waals surface area contributed by atoms with Gasteiger partial charge in [-0.15, -0.1) is 11.8 Å². The SMILES string of the molecule is C/C=C/SC[C@H](NC(=O)CC[C@H](N)C(=O)O)C(=O)O. The Morgan fingerprint density at radius 3 is 2.42 bits per heavy atom. The summed E-state index contributed by atoms with van der Waals surface area (Å²) in [5.74, 6) is -2.64. The highest BCUT2D eigenvalue weighted by Crippen LogP contribution is 2.05. The van der Waals surface area contributed by atoms with Crippen molar-refractivity contribution in [3.05, 3.63) is 11.5 Å². The molecule has 0 unspecified atom stereocenters. The highest BCUT2D eigenvalue weighted by atomic mass is 32.2. The lowest BCUT2D eigenvalue weighted by Crippen LogP contribution is -2.43. The number of aliphatic carboxylic acids is 2. The third kappa shape index (κ3) is 8.22. The van der Waals surface area contributed by atoms with Crippen LogP contribution in [-0.4, -0.2) is 45.9 Å². The molecule has 0 saturated heterocycles. The van der Waals surface area contributed by atoms with Gasteiger partial charge in [0, 0.05) is 12.2 Å². The molecule has 0 aromatic heterocycles. The number of carboxylic acid groups (broad SMARTS) is 2. The Morgan fingerprint density at radius 2 is 1.95 bits per heavy atom. The molecular formula is C11H18N2O5S. The van der Waals surface area contributed by atoms with Crippen LogP contribution < -0.4 is 11.1 Å². The normalized spacial score (nSPS) is 14.0. The number of nitrogens with two attached hydrogens (primary N) is 1. The molecule has 0 saturated carbocycles. The number of hydrogen-bond acceptors (Lipinski definition) is 5.